The molecule has 0 bridgehead atoms. The first kappa shape index (κ1) is 15.9. The summed E-state index contributed by atoms with van der Waals surface area (Å²) in [6.45, 7) is 5.75. The molecule has 23 heavy (non-hydrogen) atoms. The number of thiazole rings is 1. The van der Waals surface area contributed by atoms with E-state index in [2.05, 4.69) is 26.3 Å². The first-order valence-electron chi connectivity index (χ1n) is 7.85. The van der Waals surface area contributed by atoms with Crippen LogP contribution in [0.5, 0.6) is 5.88 Å². The highest BCUT2D eigenvalue weighted by molar-refractivity contribution is 7.09. The van der Waals surface area contributed by atoms with E-state index in [1.807, 2.05) is 6.92 Å². The highest BCUT2D eigenvalue weighted by Crippen LogP contribution is 2.20. The van der Waals surface area contributed by atoms with Crippen LogP contribution < -0.4 is 4.74 Å². The molecule has 0 aliphatic carbocycles. The van der Waals surface area contributed by atoms with Crippen molar-refractivity contribution in [3.05, 3.63) is 40.0 Å². The molecule has 1 saturated heterocycles. The second-order valence-electron chi connectivity index (χ2n) is 5.91. The monoisotopic (exact) mass is 328 g/mol. The van der Waals surface area contributed by atoms with Gasteiger partial charge >= 0.3 is 0 Å². The third kappa shape index (κ3) is 4.50. The summed E-state index contributed by atoms with van der Waals surface area (Å²) in [5.41, 5.74) is 1.75. The molecule has 0 amide bonds. The molecule has 6 heteroatoms. The highest BCUT2D eigenvalue weighted by atomic mass is 32.1. The molecule has 2 aromatic rings. The summed E-state index contributed by atoms with van der Waals surface area (Å²) in [5.74, 6) is 1.03. The summed E-state index contributed by atoms with van der Waals surface area (Å²) in [5, 5.41) is 12.2. The standard InChI is InChI=1S/C17H20N4OS/c1-13-20-16(12-23-13)10-21-6-2-3-15(9-21)11-22-17-7-14(8-18)4-5-19-17/h4-5,7,12,15H,2-3,6,9-11H2,1H3. The molecular weight excluding hydrogens is 308 g/mol. The fourth-order valence-electron chi connectivity index (χ4n) is 2.90. The third-order valence-electron chi connectivity index (χ3n) is 3.99. The van der Waals surface area contributed by atoms with Crippen molar-refractivity contribution in [2.24, 2.45) is 5.92 Å². The molecule has 3 heterocycles. The van der Waals surface area contributed by atoms with Crippen molar-refractivity contribution in [1.29, 1.82) is 5.26 Å². The van der Waals surface area contributed by atoms with Gasteiger partial charge in [0.05, 0.1) is 28.9 Å². The van der Waals surface area contributed by atoms with E-state index in [0.717, 1.165) is 30.3 Å². The molecule has 0 aromatic carbocycles. The van der Waals surface area contributed by atoms with Gasteiger partial charge in [0.15, 0.2) is 0 Å². The Hall–Kier alpha value is -1.97. The van der Waals surface area contributed by atoms with Crippen molar-refractivity contribution in [1.82, 2.24) is 14.9 Å². The van der Waals surface area contributed by atoms with Crippen LogP contribution in [0.15, 0.2) is 23.7 Å². The fraction of sp³-hybridized carbons (Fsp3) is 0.471. The Kier molecular flexibility index (Phi) is 5.21. The van der Waals surface area contributed by atoms with E-state index in [1.165, 1.54) is 12.8 Å². The zero-order chi connectivity index (χ0) is 16.1. The molecule has 0 spiro atoms. The second kappa shape index (κ2) is 7.53. The predicted molar refractivity (Wildman–Crippen MR) is 89.3 cm³/mol. The number of likely N-dealkylation sites (tertiary alicyclic amines) is 1. The lowest BCUT2D eigenvalue weighted by atomic mass is 9.99. The first-order valence-corrected chi connectivity index (χ1v) is 8.73. The number of nitriles is 1. The molecule has 3 rings (SSSR count). The van der Waals surface area contributed by atoms with E-state index in [9.17, 15) is 0 Å². The Morgan fingerprint density at radius 2 is 2.43 bits per heavy atom. The summed E-state index contributed by atoms with van der Waals surface area (Å²) in [4.78, 5) is 11.2. The maximum absolute atomic E-state index is 8.91. The number of hydrogen-bond donors (Lipinski definition) is 0. The number of pyridine rings is 1. The molecule has 1 atom stereocenters. The average molecular weight is 328 g/mol. The smallest absolute Gasteiger partial charge is 0.214 e. The summed E-state index contributed by atoms with van der Waals surface area (Å²) >= 11 is 1.71. The van der Waals surface area contributed by atoms with Crippen LogP contribution in [0.25, 0.3) is 0 Å². The number of aryl methyl sites for hydroxylation is 1. The molecule has 0 saturated carbocycles. The van der Waals surface area contributed by atoms with Gasteiger partial charge in [0.25, 0.3) is 0 Å². The number of ether oxygens (including phenoxy) is 1. The van der Waals surface area contributed by atoms with Crippen molar-refractivity contribution in [2.75, 3.05) is 19.7 Å². The topological polar surface area (TPSA) is 62.0 Å². The van der Waals surface area contributed by atoms with Gasteiger partial charge in [-0.05, 0) is 32.4 Å². The summed E-state index contributed by atoms with van der Waals surface area (Å²) in [6, 6.07) is 5.49. The second-order valence-corrected chi connectivity index (χ2v) is 6.97. The SMILES string of the molecule is Cc1nc(CN2CCCC(COc3cc(C#N)ccn3)C2)cs1. The predicted octanol–water partition coefficient (Wildman–Crippen LogP) is 3.01. The molecule has 1 fully saturated rings. The minimum Gasteiger partial charge on any atom is -0.477 e. The fourth-order valence-corrected chi connectivity index (χ4v) is 3.51. The molecule has 1 unspecified atom stereocenters. The molecule has 1 aliphatic rings. The number of piperidine rings is 1. The number of aromatic nitrogens is 2. The largest absolute Gasteiger partial charge is 0.477 e. The van der Waals surface area contributed by atoms with Crippen molar-refractivity contribution < 1.29 is 4.74 Å². The highest BCUT2D eigenvalue weighted by Gasteiger charge is 2.21. The van der Waals surface area contributed by atoms with Crippen LogP contribution in [0.2, 0.25) is 0 Å². The van der Waals surface area contributed by atoms with Crippen LogP contribution in [0, 0.1) is 24.2 Å². The van der Waals surface area contributed by atoms with Crippen molar-refractivity contribution in [2.45, 2.75) is 26.3 Å². The Morgan fingerprint density at radius 3 is 3.22 bits per heavy atom. The van der Waals surface area contributed by atoms with Gasteiger partial charge in [-0.3, -0.25) is 4.90 Å². The van der Waals surface area contributed by atoms with Crippen LogP contribution >= 0.6 is 11.3 Å². The Morgan fingerprint density at radius 1 is 1.52 bits per heavy atom. The molecule has 1 aliphatic heterocycles. The molecule has 2 aromatic heterocycles. The van der Waals surface area contributed by atoms with E-state index in [-0.39, 0.29) is 0 Å². The quantitative estimate of drug-likeness (QED) is 0.844. The lowest BCUT2D eigenvalue weighted by Gasteiger charge is -2.32. The molecule has 120 valence electrons. The van der Waals surface area contributed by atoms with Crippen molar-refractivity contribution >= 4 is 11.3 Å². The van der Waals surface area contributed by atoms with E-state index in [0.29, 0.717) is 24.0 Å². The van der Waals surface area contributed by atoms with Gasteiger partial charge in [0, 0.05) is 36.7 Å². The minimum atomic E-state index is 0.496. The van der Waals surface area contributed by atoms with E-state index >= 15 is 0 Å². The van der Waals surface area contributed by atoms with Gasteiger partial charge in [0.2, 0.25) is 5.88 Å². The van der Waals surface area contributed by atoms with Gasteiger partial charge in [-0.2, -0.15) is 5.26 Å². The minimum absolute atomic E-state index is 0.496. The third-order valence-corrected chi connectivity index (χ3v) is 4.81. The van der Waals surface area contributed by atoms with E-state index in [4.69, 9.17) is 10.00 Å². The summed E-state index contributed by atoms with van der Waals surface area (Å²) < 4.78 is 5.79. The van der Waals surface area contributed by atoms with Gasteiger partial charge in [-0.15, -0.1) is 11.3 Å². The Bertz CT molecular complexity index is 694. The van der Waals surface area contributed by atoms with E-state index in [1.54, 1.807) is 29.7 Å². The van der Waals surface area contributed by atoms with Crippen LogP contribution in [0.4, 0.5) is 0 Å². The summed E-state index contributed by atoms with van der Waals surface area (Å²) in [6.07, 6.45) is 3.97. The maximum atomic E-state index is 8.91. The Balaban J connectivity index is 1.51. The average Bonchev–Trinajstić information content (AvgIpc) is 2.98. The number of rotatable bonds is 5. The van der Waals surface area contributed by atoms with Gasteiger partial charge < -0.3 is 4.74 Å². The Labute approximate surface area is 140 Å². The normalized spacial score (nSPS) is 18.5. The lowest BCUT2D eigenvalue weighted by Crippen LogP contribution is -2.37. The number of nitrogens with zero attached hydrogens (tertiary/aromatic N) is 4. The van der Waals surface area contributed by atoms with Crippen molar-refractivity contribution in [3.8, 4) is 11.9 Å². The van der Waals surface area contributed by atoms with Crippen LogP contribution in [-0.2, 0) is 6.54 Å². The first-order chi connectivity index (χ1) is 11.2. The zero-order valence-corrected chi connectivity index (χ0v) is 14.1. The van der Waals surface area contributed by atoms with Crippen molar-refractivity contribution in [3.63, 3.8) is 0 Å². The lowest BCUT2D eigenvalue weighted by molar-refractivity contribution is 0.122. The number of hydrogen-bond acceptors (Lipinski definition) is 6. The maximum Gasteiger partial charge on any atom is 0.214 e. The van der Waals surface area contributed by atoms with Gasteiger partial charge in [-0.25, -0.2) is 9.97 Å². The molecule has 5 nitrogen and oxygen atoms in total. The van der Waals surface area contributed by atoms with E-state index < -0.39 is 0 Å². The van der Waals surface area contributed by atoms with Crippen LogP contribution in [0.1, 0.15) is 29.1 Å². The molecule has 0 radical (unpaired) electrons. The van der Waals surface area contributed by atoms with Gasteiger partial charge in [-0.1, -0.05) is 0 Å². The van der Waals surface area contributed by atoms with Gasteiger partial charge in [0.1, 0.15) is 0 Å². The molecular formula is C17H20N4OS. The van der Waals surface area contributed by atoms with Crippen LogP contribution in [0.3, 0.4) is 0 Å². The zero-order valence-electron chi connectivity index (χ0n) is 13.2. The molecule has 0 N–H and O–H groups in total. The summed E-state index contributed by atoms with van der Waals surface area (Å²) in [7, 11) is 0. The van der Waals surface area contributed by atoms with Crippen LogP contribution in [-0.4, -0.2) is 34.6 Å².